The van der Waals surface area contributed by atoms with Crippen LogP contribution in [0.3, 0.4) is 0 Å². The molecule has 3 heterocycles. The number of aromatic nitrogens is 2. The monoisotopic (exact) mass is 426 g/mol. The second-order valence-electron chi connectivity index (χ2n) is 7.69. The van der Waals surface area contributed by atoms with Gasteiger partial charge in [0, 0.05) is 43.6 Å². The van der Waals surface area contributed by atoms with Gasteiger partial charge in [0.25, 0.3) is 5.91 Å². The standard InChI is InChI=1S/C23H30N4O4/c1-5-7-18-20(16(4)28)15(3)25-21(18)22(29)27-12-10-26(11-13-27)19-9-8-17(14-24-19)23(30)31-6-2/h8-9,14,25H,5-7,10-13H2,1-4H3. The number of nitrogens with one attached hydrogen (secondary N) is 1. The van der Waals surface area contributed by atoms with Crippen molar-refractivity contribution in [1.29, 1.82) is 0 Å². The molecule has 0 bridgehead atoms. The Morgan fingerprint density at radius 3 is 2.39 bits per heavy atom. The highest BCUT2D eigenvalue weighted by Gasteiger charge is 2.28. The Bertz CT molecular complexity index is 957. The van der Waals surface area contributed by atoms with E-state index in [-0.39, 0.29) is 17.7 Å². The maximum atomic E-state index is 13.2. The van der Waals surface area contributed by atoms with Crippen LogP contribution in [-0.2, 0) is 11.2 Å². The smallest absolute Gasteiger partial charge is 0.339 e. The van der Waals surface area contributed by atoms with Crippen LogP contribution in [0.5, 0.6) is 0 Å². The Balaban J connectivity index is 1.68. The van der Waals surface area contributed by atoms with Crippen molar-refractivity contribution in [3.8, 4) is 0 Å². The summed E-state index contributed by atoms with van der Waals surface area (Å²) in [6.45, 7) is 9.91. The Labute approximate surface area is 182 Å². The number of H-pyrrole nitrogens is 1. The van der Waals surface area contributed by atoms with Crippen LogP contribution in [0.15, 0.2) is 18.3 Å². The zero-order valence-electron chi connectivity index (χ0n) is 18.7. The highest BCUT2D eigenvalue weighted by molar-refractivity contribution is 6.02. The van der Waals surface area contributed by atoms with Crippen molar-refractivity contribution in [3.05, 3.63) is 46.4 Å². The average Bonchev–Trinajstić information content (AvgIpc) is 3.10. The fourth-order valence-corrected chi connectivity index (χ4v) is 4.04. The van der Waals surface area contributed by atoms with Crippen LogP contribution in [0.25, 0.3) is 0 Å². The molecule has 0 unspecified atom stereocenters. The summed E-state index contributed by atoms with van der Waals surface area (Å²) in [7, 11) is 0. The molecule has 1 N–H and O–H groups in total. The molecule has 0 spiro atoms. The summed E-state index contributed by atoms with van der Waals surface area (Å²) in [6, 6.07) is 3.51. The van der Waals surface area contributed by atoms with Gasteiger partial charge in [0.1, 0.15) is 11.5 Å². The van der Waals surface area contributed by atoms with E-state index in [1.807, 2.05) is 18.7 Å². The topological polar surface area (TPSA) is 95.6 Å². The van der Waals surface area contributed by atoms with Gasteiger partial charge in [-0.1, -0.05) is 13.3 Å². The van der Waals surface area contributed by atoms with Crippen LogP contribution in [0, 0.1) is 6.92 Å². The van der Waals surface area contributed by atoms with Crippen molar-refractivity contribution < 1.29 is 19.1 Å². The maximum Gasteiger partial charge on any atom is 0.339 e. The number of pyridine rings is 1. The molecule has 8 nitrogen and oxygen atoms in total. The Hall–Kier alpha value is -3.16. The summed E-state index contributed by atoms with van der Waals surface area (Å²) in [4.78, 5) is 48.5. The fraction of sp³-hybridized carbons (Fsp3) is 0.478. The molecule has 2 aromatic rings. The highest BCUT2D eigenvalue weighted by Crippen LogP contribution is 2.24. The van der Waals surface area contributed by atoms with Gasteiger partial charge in [0.2, 0.25) is 0 Å². The first-order valence-corrected chi connectivity index (χ1v) is 10.8. The number of ketones is 1. The van der Waals surface area contributed by atoms with E-state index in [9.17, 15) is 14.4 Å². The molecule has 8 heteroatoms. The number of ether oxygens (including phenoxy) is 1. The summed E-state index contributed by atoms with van der Waals surface area (Å²) in [5.74, 6) is 0.301. The van der Waals surface area contributed by atoms with Crippen LogP contribution in [-0.4, -0.2) is 65.3 Å². The van der Waals surface area contributed by atoms with Crippen LogP contribution in [0.4, 0.5) is 5.82 Å². The number of anilines is 1. The zero-order valence-corrected chi connectivity index (χ0v) is 18.7. The number of carbonyl (C=O) groups is 3. The maximum absolute atomic E-state index is 13.2. The van der Waals surface area contributed by atoms with Crippen LogP contribution < -0.4 is 4.90 Å². The molecular weight excluding hydrogens is 396 g/mol. The van der Waals surface area contributed by atoms with Crippen molar-refractivity contribution in [2.75, 3.05) is 37.7 Å². The number of piperazine rings is 1. The molecule has 1 aliphatic rings. The first-order chi connectivity index (χ1) is 14.9. The number of aromatic amines is 1. The minimum atomic E-state index is -0.383. The van der Waals surface area contributed by atoms with E-state index >= 15 is 0 Å². The van der Waals surface area contributed by atoms with Crippen molar-refractivity contribution in [1.82, 2.24) is 14.9 Å². The molecule has 0 radical (unpaired) electrons. The number of nitrogens with zero attached hydrogens (tertiary/aromatic N) is 3. The lowest BCUT2D eigenvalue weighted by Crippen LogP contribution is -2.49. The second-order valence-corrected chi connectivity index (χ2v) is 7.69. The highest BCUT2D eigenvalue weighted by atomic mass is 16.5. The van der Waals surface area contributed by atoms with E-state index in [0.29, 0.717) is 56.0 Å². The van der Waals surface area contributed by atoms with Gasteiger partial charge in [0.05, 0.1) is 12.2 Å². The van der Waals surface area contributed by atoms with Gasteiger partial charge in [-0.05, 0) is 44.9 Å². The van der Waals surface area contributed by atoms with Crippen LogP contribution in [0.1, 0.15) is 69.7 Å². The number of aryl methyl sites for hydroxylation is 1. The van der Waals surface area contributed by atoms with Crippen molar-refractivity contribution in [2.45, 2.75) is 40.5 Å². The molecule has 31 heavy (non-hydrogen) atoms. The normalized spacial score (nSPS) is 13.9. The van der Waals surface area contributed by atoms with Gasteiger partial charge in [0.15, 0.2) is 5.78 Å². The molecule has 3 rings (SSSR count). The molecule has 1 saturated heterocycles. The van der Waals surface area contributed by atoms with Crippen molar-refractivity contribution in [3.63, 3.8) is 0 Å². The predicted molar refractivity (Wildman–Crippen MR) is 118 cm³/mol. The molecular formula is C23H30N4O4. The molecule has 0 aliphatic carbocycles. The summed E-state index contributed by atoms with van der Waals surface area (Å²) in [5.41, 5.74) is 3.19. The van der Waals surface area contributed by atoms with Crippen molar-refractivity contribution >= 4 is 23.5 Å². The van der Waals surface area contributed by atoms with Crippen LogP contribution >= 0.6 is 0 Å². The Morgan fingerprint density at radius 2 is 1.84 bits per heavy atom. The van der Waals surface area contributed by atoms with E-state index in [0.717, 1.165) is 23.5 Å². The van der Waals surface area contributed by atoms with E-state index in [1.54, 1.807) is 26.0 Å². The lowest BCUT2D eigenvalue weighted by atomic mass is 10.0. The lowest BCUT2D eigenvalue weighted by Gasteiger charge is -2.35. The number of rotatable bonds is 7. The zero-order chi connectivity index (χ0) is 22.5. The summed E-state index contributed by atoms with van der Waals surface area (Å²) >= 11 is 0. The molecule has 1 fully saturated rings. The number of hydrogen-bond donors (Lipinski definition) is 1. The molecule has 0 saturated carbocycles. The van der Waals surface area contributed by atoms with E-state index in [4.69, 9.17) is 4.74 Å². The summed E-state index contributed by atoms with van der Waals surface area (Å²) < 4.78 is 4.99. The molecule has 166 valence electrons. The van der Waals surface area contributed by atoms with Crippen LogP contribution in [0.2, 0.25) is 0 Å². The third-order valence-electron chi connectivity index (χ3n) is 5.51. The Kier molecular flexibility index (Phi) is 7.09. The molecule has 0 atom stereocenters. The first kappa shape index (κ1) is 22.5. The quantitative estimate of drug-likeness (QED) is 0.540. The molecule has 1 amide bonds. The Morgan fingerprint density at radius 1 is 1.13 bits per heavy atom. The average molecular weight is 427 g/mol. The summed E-state index contributed by atoms with van der Waals surface area (Å²) in [6.07, 6.45) is 3.07. The number of amides is 1. The largest absolute Gasteiger partial charge is 0.462 e. The number of Topliss-reactive ketones (excluding diaryl/α,β-unsaturated/α-hetero) is 1. The third kappa shape index (κ3) is 4.78. The predicted octanol–water partition coefficient (Wildman–Crippen LogP) is 3.01. The van der Waals surface area contributed by atoms with Gasteiger partial charge >= 0.3 is 5.97 Å². The number of hydrogen-bond acceptors (Lipinski definition) is 6. The van der Waals surface area contributed by atoms with Crippen molar-refractivity contribution in [2.24, 2.45) is 0 Å². The number of esters is 1. The molecule has 1 aliphatic heterocycles. The minimum absolute atomic E-state index is 0.0154. The van der Waals surface area contributed by atoms with E-state index in [2.05, 4.69) is 14.9 Å². The van der Waals surface area contributed by atoms with Gasteiger partial charge in [-0.3, -0.25) is 9.59 Å². The van der Waals surface area contributed by atoms with Gasteiger partial charge in [-0.15, -0.1) is 0 Å². The van der Waals surface area contributed by atoms with E-state index < -0.39 is 0 Å². The molecule has 2 aromatic heterocycles. The summed E-state index contributed by atoms with van der Waals surface area (Å²) in [5, 5.41) is 0. The molecule has 0 aromatic carbocycles. The second kappa shape index (κ2) is 9.76. The lowest BCUT2D eigenvalue weighted by molar-refractivity contribution is 0.0525. The van der Waals surface area contributed by atoms with Gasteiger partial charge < -0.3 is 19.5 Å². The SMILES string of the molecule is CCCc1c(C(=O)N2CCN(c3ccc(C(=O)OCC)cn3)CC2)[nH]c(C)c1C(C)=O. The fourth-order valence-electron chi connectivity index (χ4n) is 4.04. The first-order valence-electron chi connectivity index (χ1n) is 10.8. The van der Waals surface area contributed by atoms with Gasteiger partial charge in [-0.25, -0.2) is 9.78 Å². The van der Waals surface area contributed by atoms with E-state index in [1.165, 1.54) is 6.20 Å². The minimum Gasteiger partial charge on any atom is -0.462 e. The van der Waals surface area contributed by atoms with Gasteiger partial charge in [-0.2, -0.15) is 0 Å². The third-order valence-corrected chi connectivity index (χ3v) is 5.51. The number of carbonyl (C=O) groups excluding carboxylic acids is 3.